The van der Waals surface area contributed by atoms with E-state index < -0.39 is 12.7 Å². The summed E-state index contributed by atoms with van der Waals surface area (Å²) < 4.78 is 33.1. The first-order valence-electron chi connectivity index (χ1n) is 9.98. The minimum absolute atomic E-state index is 0.0143. The molecule has 160 valence electrons. The Morgan fingerprint density at radius 1 is 1.23 bits per heavy atom. The molecule has 0 saturated carbocycles. The molecule has 0 unspecified atom stereocenters. The number of para-hydroxylation sites is 2. The second kappa shape index (κ2) is 7.05. The summed E-state index contributed by atoms with van der Waals surface area (Å²) in [6.45, 7) is 1.07. The van der Waals surface area contributed by atoms with Gasteiger partial charge in [0, 0.05) is 28.3 Å². The van der Waals surface area contributed by atoms with Gasteiger partial charge in [0.05, 0.1) is 17.1 Å². The summed E-state index contributed by atoms with van der Waals surface area (Å²) >= 11 is 6.26. The van der Waals surface area contributed by atoms with Gasteiger partial charge in [-0.05, 0) is 42.2 Å². The lowest BCUT2D eigenvalue weighted by atomic mass is 9.73. The van der Waals surface area contributed by atoms with E-state index in [1.807, 2.05) is 42.7 Å². The number of nitrogens with zero attached hydrogens (tertiary/aromatic N) is 2. The summed E-state index contributed by atoms with van der Waals surface area (Å²) in [6, 6.07) is 11.3. The Morgan fingerprint density at radius 2 is 2.00 bits per heavy atom. The maximum atomic E-state index is 13.4. The van der Waals surface area contributed by atoms with E-state index in [1.165, 1.54) is 12.1 Å². The van der Waals surface area contributed by atoms with Gasteiger partial charge in [-0.15, -0.1) is 0 Å². The van der Waals surface area contributed by atoms with E-state index >= 15 is 0 Å². The number of carbonyl (C=O) groups excluding carboxylic acids is 1. The third-order valence-electron chi connectivity index (χ3n) is 5.79. The van der Waals surface area contributed by atoms with E-state index in [4.69, 9.17) is 21.3 Å². The number of aromatic nitrogens is 2. The summed E-state index contributed by atoms with van der Waals surface area (Å²) in [5, 5.41) is 3.71. The molecule has 2 aromatic carbocycles. The topological polar surface area (TPSA) is 56.2 Å². The fourth-order valence-corrected chi connectivity index (χ4v) is 4.83. The first-order valence-corrected chi connectivity index (χ1v) is 10.4. The molecule has 8 heteroatoms. The van der Waals surface area contributed by atoms with Crippen LogP contribution in [0, 0.1) is 5.41 Å². The molecule has 2 aliphatic rings. The highest BCUT2D eigenvalue weighted by molar-refractivity contribution is 6.30. The summed E-state index contributed by atoms with van der Waals surface area (Å²) in [6.07, 6.45) is 0.997. The third-order valence-corrected chi connectivity index (χ3v) is 6.03. The number of anilines is 1. The molecule has 0 bridgehead atoms. The molecular formula is C23H20ClF2N3O2. The molecule has 1 aliphatic heterocycles. The first-order chi connectivity index (χ1) is 14.7. The molecule has 1 aromatic heterocycles. The molecule has 1 N–H and O–H groups in total. The Hall–Kier alpha value is -2.93. The fourth-order valence-electron chi connectivity index (χ4n) is 4.65. The second-order valence-electron chi connectivity index (χ2n) is 8.72. The normalized spacial score (nSPS) is 19.9. The zero-order valence-corrected chi connectivity index (χ0v) is 17.7. The number of alkyl halides is 2. The predicted octanol–water partition coefficient (Wildman–Crippen LogP) is 5.95. The van der Waals surface area contributed by atoms with Gasteiger partial charge in [-0.3, -0.25) is 9.36 Å². The first kappa shape index (κ1) is 20.0. The molecule has 0 saturated heterocycles. The standard InChI is InChI=1S/C23H20ClF2N3O2/c1-23(2)10-15-19(17(30)11-23)20(13-9-12(24)7-8-18(13)31-21(25)26)29-16-6-4-3-5-14(16)27-22(29)28-15/h3-9,20-21H,10-11H2,1-2H3,(H,27,28)/t20-/m0/s1. The van der Waals surface area contributed by atoms with Crippen LogP contribution in [0.15, 0.2) is 53.7 Å². The van der Waals surface area contributed by atoms with Gasteiger partial charge in [0.15, 0.2) is 5.78 Å². The highest BCUT2D eigenvalue weighted by Gasteiger charge is 2.42. The monoisotopic (exact) mass is 443 g/mol. The molecule has 31 heavy (non-hydrogen) atoms. The van der Waals surface area contributed by atoms with Crippen molar-refractivity contribution in [3.63, 3.8) is 0 Å². The highest BCUT2D eigenvalue weighted by Crippen LogP contribution is 2.49. The van der Waals surface area contributed by atoms with E-state index in [-0.39, 0.29) is 16.9 Å². The second-order valence-corrected chi connectivity index (χ2v) is 9.15. The molecular weight excluding hydrogens is 424 g/mol. The number of carbonyl (C=O) groups is 1. The van der Waals surface area contributed by atoms with Gasteiger partial charge in [-0.2, -0.15) is 8.78 Å². The van der Waals surface area contributed by atoms with E-state index in [0.29, 0.717) is 34.9 Å². The van der Waals surface area contributed by atoms with Crippen LogP contribution in [0.2, 0.25) is 5.02 Å². The molecule has 1 aliphatic carbocycles. The minimum atomic E-state index is -3.00. The average Bonchev–Trinajstić information content (AvgIpc) is 3.04. The number of allylic oxidation sites excluding steroid dienone is 2. The van der Waals surface area contributed by atoms with E-state index in [0.717, 1.165) is 16.7 Å². The molecule has 5 nitrogen and oxygen atoms in total. The molecule has 0 fully saturated rings. The van der Waals surface area contributed by atoms with E-state index in [2.05, 4.69) is 5.32 Å². The van der Waals surface area contributed by atoms with Crippen molar-refractivity contribution in [1.29, 1.82) is 0 Å². The number of benzene rings is 2. The average molecular weight is 444 g/mol. The van der Waals surface area contributed by atoms with Crippen LogP contribution in [-0.2, 0) is 4.79 Å². The number of hydrogen-bond acceptors (Lipinski definition) is 4. The minimum Gasteiger partial charge on any atom is -0.434 e. The smallest absolute Gasteiger partial charge is 0.387 e. The van der Waals surface area contributed by atoms with Crippen LogP contribution in [0.3, 0.4) is 0 Å². The van der Waals surface area contributed by atoms with Gasteiger partial charge in [0.1, 0.15) is 5.75 Å². The molecule has 0 amide bonds. The number of ketones is 1. The van der Waals surface area contributed by atoms with Gasteiger partial charge in [0.2, 0.25) is 5.95 Å². The van der Waals surface area contributed by atoms with Gasteiger partial charge in [-0.1, -0.05) is 37.6 Å². The van der Waals surface area contributed by atoms with Crippen molar-refractivity contribution < 1.29 is 18.3 Å². The maximum absolute atomic E-state index is 13.4. The zero-order valence-electron chi connectivity index (χ0n) is 17.0. The van der Waals surface area contributed by atoms with Crippen molar-refractivity contribution >= 4 is 34.4 Å². The van der Waals surface area contributed by atoms with Crippen LogP contribution in [0.5, 0.6) is 5.75 Å². The van der Waals surface area contributed by atoms with Gasteiger partial charge in [0.25, 0.3) is 0 Å². The Morgan fingerprint density at radius 3 is 2.77 bits per heavy atom. The number of hydrogen-bond donors (Lipinski definition) is 1. The molecule has 2 heterocycles. The molecule has 1 atom stereocenters. The van der Waals surface area contributed by atoms with Crippen molar-refractivity contribution in [3.05, 3.63) is 64.3 Å². The number of Topliss-reactive ketones (excluding diaryl/α,β-unsaturated/α-hetero) is 1. The number of fused-ring (bicyclic) bond motifs is 3. The van der Waals surface area contributed by atoms with Crippen molar-refractivity contribution in [1.82, 2.24) is 9.55 Å². The van der Waals surface area contributed by atoms with Crippen LogP contribution < -0.4 is 10.1 Å². The molecule has 0 spiro atoms. The molecule has 5 rings (SSSR count). The Balaban J connectivity index is 1.81. The quantitative estimate of drug-likeness (QED) is 0.543. The predicted molar refractivity (Wildman–Crippen MR) is 115 cm³/mol. The van der Waals surface area contributed by atoms with Crippen LogP contribution >= 0.6 is 11.6 Å². The fraction of sp³-hybridized carbons (Fsp3) is 0.304. The Bertz CT molecular complexity index is 1250. The van der Waals surface area contributed by atoms with Gasteiger partial charge in [-0.25, -0.2) is 4.98 Å². The number of imidazole rings is 1. The summed E-state index contributed by atoms with van der Waals surface area (Å²) in [4.78, 5) is 18.1. The maximum Gasteiger partial charge on any atom is 0.387 e. The van der Waals surface area contributed by atoms with Crippen LogP contribution in [0.4, 0.5) is 14.7 Å². The van der Waals surface area contributed by atoms with Gasteiger partial charge >= 0.3 is 6.61 Å². The Kier molecular flexibility index (Phi) is 4.55. The zero-order chi connectivity index (χ0) is 21.9. The summed E-state index contributed by atoms with van der Waals surface area (Å²) in [7, 11) is 0. The summed E-state index contributed by atoms with van der Waals surface area (Å²) in [5.74, 6) is 0.507. The Labute approximate surface area is 182 Å². The molecule has 0 radical (unpaired) electrons. The SMILES string of the molecule is CC1(C)CC(=O)C2=C(C1)Nc1nc3ccccc3n1[C@H]2c1cc(Cl)ccc1OC(F)F. The van der Waals surface area contributed by atoms with Crippen LogP contribution in [-0.4, -0.2) is 21.9 Å². The van der Waals surface area contributed by atoms with Crippen molar-refractivity contribution in [2.75, 3.05) is 5.32 Å². The van der Waals surface area contributed by atoms with E-state index in [1.54, 1.807) is 6.07 Å². The number of ether oxygens (including phenoxy) is 1. The highest BCUT2D eigenvalue weighted by atomic mass is 35.5. The number of halogens is 3. The molecule has 3 aromatic rings. The van der Waals surface area contributed by atoms with Crippen molar-refractivity contribution in [3.8, 4) is 5.75 Å². The number of nitrogens with one attached hydrogen (secondary N) is 1. The van der Waals surface area contributed by atoms with Crippen molar-refractivity contribution in [2.45, 2.75) is 39.3 Å². The lowest BCUT2D eigenvalue weighted by Crippen LogP contribution is -2.36. The summed E-state index contributed by atoms with van der Waals surface area (Å²) in [5.41, 5.74) is 2.99. The van der Waals surface area contributed by atoms with Crippen LogP contribution in [0.1, 0.15) is 38.3 Å². The van der Waals surface area contributed by atoms with Crippen molar-refractivity contribution in [2.24, 2.45) is 5.41 Å². The van der Waals surface area contributed by atoms with Crippen LogP contribution in [0.25, 0.3) is 11.0 Å². The van der Waals surface area contributed by atoms with Gasteiger partial charge < -0.3 is 10.1 Å². The third kappa shape index (κ3) is 3.37. The van der Waals surface area contributed by atoms with E-state index in [9.17, 15) is 13.6 Å². The largest absolute Gasteiger partial charge is 0.434 e. The lowest BCUT2D eigenvalue weighted by Gasteiger charge is -2.39. The lowest BCUT2D eigenvalue weighted by molar-refractivity contribution is -0.118. The number of rotatable bonds is 3.